The van der Waals surface area contributed by atoms with Crippen molar-refractivity contribution in [3.63, 3.8) is 0 Å². The van der Waals surface area contributed by atoms with Crippen molar-refractivity contribution in [1.82, 2.24) is 0 Å². The van der Waals surface area contributed by atoms with Crippen molar-refractivity contribution in [2.24, 2.45) is 5.73 Å². The topological polar surface area (TPSA) is 172 Å². The maximum Gasteiger partial charge on any atom is 0.472 e. The van der Waals surface area contributed by atoms with E-state index in [-0.39, 0.29) is 25.7 Å². The summed E-state index contributed by atoms with van der Waals surface area (Å²) in [5.74, 6) is -2.59. The quantitative estimate of drug-likeness (QED) is 0.0312. The zero-order valence-electron chi connectivity index (χ0n) is 39.6. The molecule has 4 N–H and O–H groups in total. The van der Waals surface area contributed by atoms with E-state index in [2.05, 4.69) is 11.4 Å². The minimum Gasteiger partial charge on any atom is -0.480 e. The monoisotopic (exact) mass is 745 g/mol. The second-order valence-electron chi connectivity index (χ2n) is 12.9. The van der Waals surface area contributed by atoms with Gasteiger partial charge >= 0.3 is 25.7 Å². The van der Waals surface area contributed by atoms with Crippen LogP contribution in [-0.2, 0) is 37.5 Å². The van der Waals surface area contributed by atoms with E-state index in [1.807, 2.05) is 0 Å². The molecule has 0 rings (SSSR count). The Morgan fingerprint density at radius 3 is 1.58 bits per heavy atom. The van der Waals surface area contributed by atoms with Crippen molar-refractivity contribution in [2.45, 2.75) is 206 Å². The summed E-state index contributed by atoms with van der Waals surface area (Å²) in [5.41, 5.74) is 5.31. The molecular formula is C38H74NO10P. The van der Waals surface area contributed by atoms with Crippen molar-refractivity contribution in [3.05, 3.63) is 0 Å². The van der Waals surface area contributed by atoms with E-state index in [0.29, 0.717) is 19.3 Å². The van der Waals surface area contributed by atoms with Crippen LogP contribution in [0.3, 0.4) is 0 Å². The van der Waals surface area contributed by atoms with E-state index in [0.717, 1.165) is 64.2 Å². The maximum absolute atomic E-state index is 12.6. The van der Waals surface area contributed by atoms with E-state index in [1.54, 1.807) is 0 Å². The van der Waals surface area contributed by atoms with Crippen LogP contribution in [0, 0.1) is 0 Å². The standard InChI is InChI=1S/C38H74NO10P/c1-3-5-7-9-11-13-15-17-19-21-23-25-27-29-36(40)46-31-34(32-47-50(44,45)48-33-35(39)38(42)43)49-37(41)30-28-26-24-22-20-18-16-14-12-10-8-6-4-2/h34-35H,3-33,39H2,1-2H3,(H,42,43)(H,44,45)/i1D3,3D2,5D2,7D2. The molecule has 296 valence electrons. The largest absolute Gasteiger partial charge is 0.480 e. The molecule has 0 aliphatic rings. The van der Waals surface area contributed by atoms with E-state index < -0.39 is 83.7 Å². The van der Waals surface area contributed by atoms with Gasteiger partial charge in [-0.15, -0.1) is 0 Å². The number of rotatable bonds is 38. The highest BCUT2D eigenvalue weighted by molar-refractivity contribution is 7.47. The number of hydrogen-bond donors (Lipinski definition) is 3. The number of ether oxygens (including phenoxy) is 2. The predicted octanol–water partition coefficient (Wildman–Crippen LogP) is 9.95. The zero-order chi connectivity index (χ0) is 45.0. The van der Waals surface area contributed by atoms with Gasteiger partial charge in [-0.25, -0.2) is 4.57 Å². The Morgan fingerprint density at radius 2 is 1.10 bits per heavy atom. The molecule has 3 atom stereocenters. The van der Waals surface area contributed by atoms with Gasteiger partial charge in [0.2, 0.25) is 0 Å². The molecule has 0 amide bonds. The number of carboxylic acids is 1. The summed E-state index contributed by atoms with van der Waals surface area (Å²) in [5, 5.41) is 8.87. The SMILES string of the molecule is [2H]C([2H])([2H])C([2H])([2H])C([2H])([2H])C([2H])([2H])CCCCCCCCCCCC(=O)OCC(COP(=O)(O)OCC(N)C(=O)O)OC(=O)CCCCCCCCCCCCCCC. The van der Waals surface area contributed by atoms with Crippen molar-refractivity contribution in [2.75, 3.05) is 19.8 Å². The van der Waals surface area contributed by atoms with Crippen LogP contribution >= 0.6 is 7.82 Å². The summed E-state index contributed by atoms with van der Waals surface area (Å²) < 4.78 is 102. The third-order valence-corrected chi connectivity index (χ3v) is 9.16. The van der Waals surface area contributed by atoms with E-state index >= 15 is 0 Å². The Hall–Kier alpha value is -1.52. The third kappa shape index (κ3) is 33.6. The molecule has 0 aliphatic heterocycles. The number of aliphatic carboxylic acids is 1. The first kappa shape index (κ1) is 34.3. The number of carboxylic acid groups (broad SMARTS) is 1. The lowest BCUT2D eigenvalue weighted by Gasteiger charge is -2.20. The fourth-order valence-electron chi connectivity index (χ4n) is 5.19. The predicted molar refractivity (Wildman–Crippen MR) is 199 cm³/mol. The maximum atomic E-state index is 12.6. The molecule has 12 heteroatoms. The van der Waals surface area contributed by atoms with E-state index in [9.17, 15) is 23.8 Å². The Bertz CT molecular complexity index is 1210. The summed E-state index contributed by atoms with van der Waals surface area (Å²) in [7, 11) is -4.78. The molecule has 0 fully saturated rings. The second-order valence-corrected chi connectivity index (χ2v) is 14.4. The molecular weight excluding hydrogens is 661 g/mol. The number of hydrogen-bond acceptors (Lipinski definition) is 9. The molecule has 0 aromatic carbocycles. The van der Waals surface area contributed by atoms with Crippen LogP contribution in [0.5, 0.6) is 0 Å². The summed E-state index contributed by atoms with van der Waals surface area (Å²) in [6.07, 6.45) is 10.7. The molecule has 0 saturated heterocycles. The van der Waals surface area contributed by atoms with Gasteiger partial charge < -0.3 is 25.2 Å². The summed E-state index contributed by atoms with van der Waals surface area (Å²) >= 11 is 0. The van der Waals surface area contributed by atoms with Gasteiger partial charge in [-0.2, -0.15) is 0 Å². The summed E-state index contributed by atoms with van der Waals surface area (Å²) in [6, 6.07) is -1.57. The first-order chi connectivity index (χ1) is 27.5. The average molecular weight is 745 g/mol. The smallest absolute Gasteiger partial charge is 0.472 e. The number of unbranched alkanes of at least 4 members (excludes halogenated alkanes) is 20. The van der Waals surface area contributed by atoms with E-state index in [1.165, 1.54) is 51.4 Å². The van der Waals surface area contributed by atoms with Crippen LogP contribution in [0.2, 0.25) is 0 Å². The molecule has 0 spiro atoms. The normalized spacial score (nSPS) is 17.6. The van der Waals surface area contributed by atoms with Crippen LogP contribution in [0.25, 0.3) is 0 Å². The fraction of sp³-hybridized carbons (Fsp3) is 0.921. The van der Waals surface area contributed by atoms with Crippen molar-refractivity contribution in [3.8, 4) is 0 Å². The van der Waals surface area contributed by atoms with Gasteiger partial charge in [0.25, 0.3) is 0 Å². The van der Waals surface area contributed by atoms with Gasteiger partial charge in [-0.1, -0.05) is 168 Å². The lowest BCUT2D eigenvalue weighted by molar-refractivity contribution is -0.161. The fourth-order valence-corrected chi connectivity index (χ4v) is 5.97. The lowest BCUT2D eigenvalue weighted by atomic mass is 10.0. The van der Waals surface area contributed by atoms with Crippen LogP contribution < -0.4 is 5.73 Å². The second kappa shape index (κ2) is 34.6. The van der Waals surface area contributed by atoms with Gasteiger partial charge in [-0.3, -0.25) is 23.4 Å². The Kier molecular flexibility index (Phi) is 23.7. The summed E-state index contributed by atoms with van der Waals surface area (Å²) in [6.45, 7) is -2.99. The average Bonchev–Trinajstić information content (AvgIpc) is 3.15. The molecule has 0 saturated carbocycles. The first-order valence-corrected chi connectivity index (χ1v) is 20.5. The number of carbonyl (C=O) groups is 3. The Morgan fingerprint density at radius 1 is 0.660 bits per heavy atom. The summed E-state index contributed by atoms with van der Waals surface area (Å²) in [4.78, 5) is 45.9. The van der Waals surface area contributed by atoms with Crippen LogP contribution in [-0.4, -0.2) is 59.9 Å². The highest BCUT2D eigenvalue weighted by Gasteiger charge is 2.28. The van der Waals surface area contributed by atoms with Crippen LogP contribution in [0.15, 0.2) is 0 Å². The lowest BCUT2D eigenvalue weighted by Crippen LogP contribution is -2.34. The number of phosphoric ester groups is 1. The molecule has 0 aromatic rings. The molecule has 3 unspecified atom stereocenters. The van der Waals surface area contributed by atoms with Gasteiger partial charge in [0.15, 0.2) is 6.10 Å². The highest BCUT2D eigenvalue weighted by Crippen LogP contribution is 2.43. The van der Waals surface area contributed by atoms with Gasteiger partial charge in [-0.05, 0) is 12.8 Å². The Balaban J connectivity index is 4.54. The number of nitrogens with two attached hydrogens (primary N) is 1. The first-order valence-electron chi connectivity index (χ1n) is 23.5. The van der Waals surface area contributed by atoms with Crippen LogP contribution in [0.1, 0.15) is 206 Å². The van der Waals surface area contributed by atoms with Gasteiger partial charge in [0.05, 0.1) is 13.2 Å². The third-order valence-electron chi connectivity index (χ3n) is 8.20. The van der Waals surface area contributed by atoms with Crippen LogP contribution in [0.4, 0.5) is 0 Å². The molecule has 0 heterocycles. The molecule has 0 radical (unpaired) electrons. The minimum absolute atomic E-state index is 0.0877. The van der Waals surface area contributed by atoms with Crippen molar-refractivity contribution in [1.29, 1.82) is 0 Å². The highest BCUT2D eigenvalue weighted by atomic mass is 31.2. The number of phosphoric acid groups is 1. The van der Waals surface area contributed by atoms with Gasteiger partial charge in [0.1, 0.15) is 12.6 Å². The minimum atomic E-state index is -4.78. The number of esters is 2. The van der Waals surface area contributed by atoms with E-state index in [4.69, 9.17) is 37.2 Å². The number of carbonyl (C=O) groups excluding carboxylic acids is 2. The van der Waals surface area contributed by atoms with Crippen molar-refractivity contribution < 1.29 is 59.8 Å². The molecule has 0 aliphatic carbocycles. The van der Waals surface area contributed by atoms with Gasteiger partial charge in [0, 0.05) is 25.2 Å². The van der Waals surface area contributed by atoms with Crippen molar-refractivity contribution >= 4 is 25.7 Å². The molecule has 0 bridgehead atoms. The molecule has 0 aromatic heterocycles. The molecule has 11 nitrogen and oxygen atoms in total. The zero-order valence-corrected chi connectivity index (χ0v) is 31.5. The Labute approximate surface area is 316 Å². The molecule has 50 heavy (non-hydrogen) atoms.